The van der Waals surface area contributed by atoms with Crippen LogP contribution in [0.1, 0.15) is 18.9 Å². The van der Waals surface area contributed by atoms with Gasteiger partial charge >= 0.3 is 0 Å². The maximum Gasteiger partial charge on any atom is 0.0870 e. The van der Waals surface area contributed by atoms with Gasteiger partial charge in [-0.1, -0.05) is 52.7 Å². The van der Waals surface area contributed by atoms with Gasteiger partial charge in [-0.3, -0.25) is 4.90 Å². The van der Waals surface area contributed by atoms with E-state index in [1.807, 2.05) is 18.2 Å². The minimum absolute atomic E-state index is 0.520. The van der Waals surface area contributed by atoms with Gasteiger partial charge in [0.1, 0.15) is 0 Å². The summed E-state index contributed by atoms with van der Waals surface area (Å²) in [4.78, 5) is 2.73. The van der Waals surface area contributed by atoms with E-state index in [4.69, 9.17) is 29.6 Å². The van der Waals surface area contributed by atoms with Crippen LogP contribution >= 0.6 is 39.7 Å². The Morgan fingerprint density at radius 3 is 2.76 bits per heavy atom. The molecule has 94 valence electrons. The molecule has 0 aromatic heterocycles. The van der Waals surface area contributed by atoms with Crippen LogP contribution in [0, 0.1) is 0 Å². The minimum atomic E-state index is 0.520. The van der Waals surface area contributed by atoms with Crippen LogP contribution in [0.25, 0.3) is 0 Å². The number of thiocarbonyl (C=S) groups is 1. The van der Waals surface area contributed by atoms with Crippen LogP contribution in [0.2, 0.25) is 5.02 Å². The van der Waals surface area contributed by atoms with Crippen molar-refractivity contribution in [1.29, 1.82) is 0 Å². The van der Waals surface area contributed by atoms with Gasteiger partial charge in [0.05, 0.1) is 4.99 Å². The number of nitrogens with zero attached hydrogens (tertiary/aromatic N) is 1. The molecule has 0 amide bonds. The molecule has 1 aromatic carbocycles. The largest absolute Gasteiger partial charge is 0.392 e. The number of benzene rings is 1. The minimum Gasteiger partial charge on any atom is -0.392 e. The first kappa shape index (κ1) is 14.9. The summed E-state index contributed by atoms with van der Waals surface area (Å²) in [5.41, 5.74) is 6.69. The topological polar surface area (TPSA) is 29.3 Å². The van der Waals surface area contributed by atoms with Crippen molar-refractivity contribution in [2.24, 2.45) is 5.73 Å². The van der Waals surface area contributed by atoms with Gasteiger partial charge in [0, 0.05) is 22.6 Å². The summed E-state index contributed by atoms with van der Waals surface area (Å²) in [6.07, 6.45) is 1.07. The van der Waals surface area contributed by atoms with E-state index in [2.05, 4.69) is 27.8 Å². The smallest absolute Gasteiger partial charge is 0.0870 e. The number of hydrogen-bond acceptors (Lipinski definition) is 2. The second-order valence-electron chi connectivity index (χ2n) is 3.91. The van der Waals surface area contributed by atoms with Crippen molar-refractivity contribution >= 4 is 44.7 Å². The Morgan fingerprint density at radius 2 is 2.24 bits per heavy atom. The number of hydrogen-bond donors (Lipinski definition) is 1. The predicted molar refractivity (Wildman–Crippen MR) is 81.5 cm³/mol. The fourth-order valence-electron chi connectivity index (χ4n) is 1.64. The van der Waals surface area contributed by atoms with E-state index in [1.54, 1.807) is 0 Å². The van der Waals surface area contributed by atoms with E-state index >= 15 is 0 Å². The first-order chi connectivity index (χ1) is 8.02. The van der Waals surface area contributed by atoms with Crippen LogP contribution in [0.5, 0.6) is 0 Å². The van der Waals surface area contributed by atoms with Crippen molar-refractivity contribution in [3.05, 3.63) is 33.3 Å². The third-order valence-corrected chi connectivity index (χ3v) is 3.30. The van der Waals surface area contributed by atoms with Gasteiger partial charge in [0.15, 0.2) is 0 Å². The van der Waals surface area contributed by atoms with E-state index in [0.29, 0.717) is 11.5 Å². The van der Waals surface area contributed by atoms with E-state index in [9.17, 15) is 0 Å². The molecule has 0 aliphatic carbocycles. The highest BCUT2D eigenvalue weighted by atomic mass is 79.9. The fraction of sp³-hybridized carbons (Fsp3) is 0.417. The molecule has 1 rings (SSSR count). The van der Waals surface area contributed by atoms with Gasteiger partial charge in [-0.25, -0.2) is 0 Å². The Balaban J connectivity index is 2.74. The molecule has 0 aliphatic rings. The third-order valence-electron chi connectivity index (χ3n) is 2.33. The third kappa shape index (κ3) is 5.34. The van der Waals surface area contributed by atoms with Gasteiger partial charge in [-0.05, 0) is 30.7 Å². The number of rotatable bonds is 6. The second-order valence-corrected chi connectivity index (χ2v) is 5.76. The lowest BCUT2D eigenvalue weighted by atomic mass is 10.2. The Bertz CT molecular complexity index is 398. The average Bonchev–Trinajstić information content (AvgIpc) is 2.21. The molecule has 1 aromatic rings. The molecule has 0 heterocycles. The molecule has 2 N–H and O–H groups in total. The van der Waals surface area contributed by atoms with Crippen molar-refractivity contribution in [3.8, 4) is 0 Å². The summed E-state index contributed by atoms with van der Waals surface area (Å²) in [7, 11) is 0. The van der Waals surface area contributed by atoms with Crippen molar-refractivity contribution in [2.45, 2.75) is 19.9 Å². The monoisotopic (exact) mass is 334 g/mol. The lowest BCUT2D eigenvalue weighted by Crippen LogP contribution is -2.33. The number of nitrogens with two attached hydrogens (primary N) is 1. The lowest BCUT2D eigenvalue weighted by molar-refractivity contribution is 0.304. The maximum atomic E-state index is 6.19. The second kappa shape index (κ2) is 7.31. The van der Waals surface area contributed by atoms with Crippen LogP contribution in [0.4, 0.5) is 0 Å². The van der Waals surface area contributed by atoms with Crippen LogP contribution < -0.4 is 5.73 Å². The van der Waals surface area contributed by atoms with Gasteiger partial charge in [-0.15, -0.1) is 0 Å². The van der Waals surface area contributed by atoms with Crippen LogP contribution in [0.3, 0.4) is 0 Å². The molecule has 0 atom stereocenters. The highest BCUT2D eigenvalue weighted by Crippen LogP contribution is 2.22. The summed E-state index contributed by atoms with van der Waals surface area (Å²) in [6, 6.07) is 5.92. The van der Waals surface area contributed by atoms with Crippen LogP contribution in [-0.2, 0) is 6.54 Å². The Kier molecular flexibility index (Phi) is 6.41. The number of halogens is 2. The molecule has 2 nitrogen and oxygen atoms in total. The first-order valence-corrected chi connectivity index (χ1v) is 7.05. The Morgan fingerprint density at radius 1 is 1.53 bits per heavy atom. The Hall–Kier alpha value is -0.160. The zero-order valence-electron chi connectivity index (χ0n) is 9.75. The summed E-state index contributed by atoms with van der Waals surface area (Å²) in [5.74, 6) is 0. The molecule has 0 fully saturated rings. The summed E-state index contributed by atoms with van der Waals surface area (Å²) in [6.45, 7) is 4.51. The van der Waals surface area contributed by atoms with Crippen molar-refractivity contribution < 1.29 is 0 Å². The molecule has 17 heavy (non-hydrogen) atoms. The molecule has 0 saturated heterocycles. The molecule has 0 saturated carbocycles. The quantitative estimate of drug-likeness (QED) is 0.805. The fourth-order valence-corrected chi connectivity index (χ4v) is 2.56. The lowest BCUT2D eigenvalue weighted by Gasteiger charge is -2.21. The van der Waals surface area contributed by atoms with Gasteiger partial charge < -0.3 is 5.73 Å². The van der Waals surface area contributed by atoms with Crippen molar-refractivity contribution in [1.82, 2.24) is 4.90 Å². The summed E-state index contributed by atoms with van der Waals surface area (Å²) in [5, 5.41) is 0.767. The molecule has 5 heteroatoms. The highest BCUT2D eigenvalue weighted by molar-refractivity contribution is 9.10. The zero-order chi connectivity index (χ0) is 12.8. The zero-order valence-corrected chi connectivity index (χ0v) is 12.9. The van der Waals surface area contributed by atoms with E-state index in [0.717, 1.165) is 34.6 Å². The van der Waals surface area contributed by atoms with E-state index in [-0.39, 0.29) is 0 Å². The molecular weight excluding hydrogens is 320 g/mol. The maximum absolute atomic E-state index is 6.19. The highest BCUT2D eigenvalue weighted by Gasteiger charge is 2.09. The van der Waals surface area contributed by atoms with Gasteiger partial charge in [0.25, 0.3) is 0 Å². The molecule has 0 unspecified atom stereocenters. The predicted octanol–water partition coefficient (Wildman–Crippen LogP) is 3.60. The molecule has 0 bridgehead atoms. The van der Waals surface area contributed by atoms with Crippen molar-refractivity contribution in [3.63, 3.8) is 0 Å². The van der Waals surface area contributed by atoms with E-state index in [1.165, 1.54) is 0 Å². The van der Waals surface area contributed by atoms with Crippen LogP contribution in [0.15, 0.2) is 22.7 Å². The summed E-state index contributed by atoms with van der Waals surface area (Å²) >= 11 is 14.5. The SMILES string of the molecule is CCCN(CC(N)=S)Cc1ccc(Br)cc1Cl. The van der Waals surface area contributed by atoms with Gasteiger partial charge in [-0.2, -0.15) is 0 Å². The molecular formula is C12H16BrClN2S. The molecule has 0 aliphatic heterocycles. The molecule has 0 spiro atoms. The molecule has 0 radical (unpaired) electrons. The first-order valence-electron chi connectivity index (χ1n) is 5.47. The summed E-state index contributed by atoms with van der Waals surface area (Å²) < 4.78 is 0.989. The van der Waals surface area contributed by atoms with E-state index < -0.39 is 0 Å². The average molecular weight is 336 g/mol. The van der Waals surface area contributed by atoms with Crippen molar-refractivity contribution in [2.75, 3.05) is 13.1 Å². The standard InChI is InChI=1S/C12H16BrClN2S/c1-2-5-16(8-12(15)17)7-9-3-4-10(13)6-11(9)14/h3-4,6H,2,5,7-8H2,1H3,(H2,15,17). The Labute approximate surface area is 121 Å². The normalized spacial score (nSPS) is 10.8. The van der Waals surface area contributed by atoms with Gasteiger partial charge in [0.2, 0.25) is 0 Å². The van der Waals surface area contributed by atoms with Crippen LogP contribution in [-0.4, -0.2) is 23.0 Å².